The normalized spacial score (nSPS) is 17.7. The molecular formula is C10H22O6. The van der Waals surface area contributed by atoms with E-state index >= 15 is 0 Å². The van der Waals surface area contributed by atoms with E-state index in [0.29, 0.717) is 0 Å². The Morgan fingerprint density at radius 1 is 1.00 bits per heavy atom. The van der Waals surface area contributed by atoms with Crippen LogP contribution in [0.4, 0.5) is 0 Å². The van der Waals surface area contributed by atoms with Crippen molar-refractivity contribution in [1.82, 2.24) is 0 Å². The maximum absolute atomic E-state index is 9.90. The Morgan fingerprint density at radius 3 is 1.69 bits per heavy atom. The first-order chi connectivity index (χ1) is 7.45. The number of unbranched alkanes of at least 4 members (excludes halogenated alkanes) is 1. The molecule has 0 radical (unpaired) electrons. The Labute approximate surface area is 95.2 Å². The third-order valence-electron chi connectivity index (χ3n) is 1.92. The van der Waals surface area contributed by atoms with E-state index in [-0.39, 0.29) is 6.29 Å². The van der Waals surface area contributed by atoms with Crippen molar-refractivity contribution in [2.45, 2.75) is 51.1 Å². The fourth-order valence-corrected chi connectivity index (χ4v) is 0.618. The molecule has 16 heavy (non-hydrogen) atoms. The fraction of sp³-hybridized carbons (Fsp3) is 0.900. The lowest BCUT2D eigenvalue weighted by Gasteiger charge is -2.22. The molecule has 5 N–H and O–H groups in total. The minimum absolute atomic E-state index is 0.0258. The lowest BCUT2D eigenvalue weighted by molar-refractivity contribution is -0.136. The fourth-order valence-electron chi connectivity index (χ4n) is 0.618. The van der Waals surface area contributed by atoms with E-state index < -0.39 is 31.0 Å². The largest absolute Gasteiger partial charge is 0.394 e. The zero-order chi connectivity index (χ0) is 13.1. The van der Waals surface area contributed by atoms with E-state index in [1.165, 1.54) is 12.8 Å². The molecule has 0 heterocycles. The summed E-state index contributed by atoms with van der Waals surface area (Å²) in [4.78, 5) is 9.90. The van der Waals surface area contributed by atoms with Crippen LogP contribution in [0.1, 0.15) is 26.7 Å². The summed E-state index contributed by atoms with van der Waals surface area (Å²) in [7, 11) is 0. The van der Waals surface area contributed by atoms with E-state index in [2.05, 4.69) is 13.8 Å². The van der Waals surface area contributed by atoms with Crippen LogP contribution in [-0.4, -0.2) is 62.8 Å². The van der Waals surface area contributed by atoms with E-state index in [0.717, 1.165) is 0 Å². The van der Waals surface area contributed by atoms with E-state index in [9.17, 15) is 4.79 Å². The lowest BCUT2D eigenvalue weighted by Crippen LogP contribution is -2.46. The maximum atomic E-state index is 9.90. The average Bonchev–Trinajstić information content (AvgIpc) is 2.34. The molecule has 6 nitrogen and oxygen atoms in total. The summed E-state index contributed by atoms with van der Waals surface area (Å²) >= 11 is 0. The number of aliphatic hydroxyl groups excluding tert-OH is 5. The number of hydrogen-bond donors (Lipinski definition) is 5. The standard InChI is InChI=1S/C6H12O6.C4H10/c7-1-3(9)5(11)6(12)4(10)2-8;1-3-4-2/h1,3-6,8-12H,2H2;3-4H2,1-2H3/t3-,4+,5+,6+;/m0./s1. The van der Waals surface area contributed by atoms with Crippen molar-refractivity contribution in [1.29, 1.82) is 0 Å². The molecular weight excluding hydrogens is 216 g/mol. The first kappa shape index (κ1) is 17.9. The summed E-state index contributed by atoms with van der Waals surface area (Å²) in [5, 5.41) is 43.5. The Kier molecular flexibility index (Phi) is 12.2. The first-order valence-corrected chi connectivity index (χ1v) is 5.24. The van der Waals surface area contributed by atoms with Crippen LogP contribution in [0.15, 0.2) is 0 Å². The summed E-state index contributed by atoms with van der Waals surface area (Å²) in [5.41, 5.74) is 0. The van der Waals surface area contributed by atoms with E-state index in [1.807, 2.05) is 0 Å². The quantitative estimate of drug-likeness (QED) is 0.357. The van der Waals surface area contributed by atoms with Gasteiger partial charge in [-0.15, -0.1) is 0 Å². The molecule has 0 aromatic carbocycles. The molecule has 4 atom stereocenters. The van der Waals surface area contributed by atoms with Crippen LogP contribution in [0.25, 0.3) is 0 Å². The minimum atomic E-state index is -1.79. The van der Waals surface area contributed by atoms with Gasteiger partial charge >= 0.3 is 0 Å². The van der Waals surface area contributed by atoms with Gasteiger partial charge < -0.3 is 30.3 Å². The molecule has 98 valence electrons. The van der Waals surface area contributed by atoms with Gasteiger partial charge in [-0.2, -0.15) is 0 Å². The van der Waals surface area contributed by atoms with Crippen molar-refractivity contribution in [2.24, 2.45) is 0 Å². The summed E-state index contributed by atoms with van der Waals surface area (Å²) in [6.07, 6.45) is -4.20. The third-order valence-corrected chi connectivity index (χ3v) is 1.92. The van der Waals surface area contributed by atoms with Gasteiger partial charge in [-0.3, -0.25) is 0 Å². The van der Waals surface area contributed by atoms with Crippen molar-refractivity contribution in [2.75, 3.05) is 6.61 Å². The number of rotatable bonds is 6. The van der Waals surface area contributed by atoms with Crippen LogP contribution in [0.3, 0.4) is 0 Å². The molecule has 0 fully saturated rings. The second-order valence-electron chi connectivity index (χ2n) is 3.36. The first-order valence-electron chi connectivity index (χ1n) is 5.24. The monoisotopic (exact) mass is 238 g/mol. The molecule has 0 saturated heterocycles. The molecule has 0 aromatic heterocycles. The number of carbonyl (C=O) groups is 1. The predicted octanol–water partition coefficient (Wildman–Crippen LogP) is -1.57. The highest BCUT2D eigenvalue weighted by Crippen LogP contribution is 2.02. The molecule has 0 amide bonds. The highest BCUT2D eigenvalue weighted by Gasteiger charge is 2.29. The highest BCUT2D eigenvalue weighted by atomic mass is 16.4. The van der Waals surface area contributed by atoms with Gasteiger partial charge in [0.15, 0.2) is 6.29 Å². The van der Waals surface area contributed by atoms with Gasteiger partial charge in [0.05, 0.1) is 6.61 Å². The van der Waals surface area contributed by atoms with Crippen molar-refractivity contribution >= 4 is 6.29 Å². The Bertz CT molecular complexity index is 161. The smallest absolute Gasteiger partial charge is 0.151 e. The van der Waals surface area contributed by atoms with Crippen LogP contribution in [0, 0.1) is 0 Å². The maximum Gasteiger partial charge on any atom is 0.151 e. The highest BCUT2D eigenvalue weighted by molar-refractivity contribution is 5.56. The molecule has 0 unspecified atom stereocenters. The van der Waals surface area contributed by atoms with Gasteiger partial charge in [0.2, 0.25) is 0 Å². The van der Waals surface area contributed by atoms with Gasteiger partial charge in [0, 0.05) is 0 Å². The van der Waals surface area contributed by atoms with Gasteiger partial charge in [-0.1, -0.05) is 26.7 Å². The second-order valence-corrected chi connectivity index (χ2v) is 3.36. The van der Waals surface area contributed by atoms with Crippen LogP contribution >= 0.6 is 0 Å². The van der Waals surface area contributed by atoms with E-state index in [4.69, 9.17) is 25.5 Å². The molecule has 0 saturated carbocycles. The Morgan fingerprint density at radius 2 is 1.44 bits per heavy atom. The molecule has 0 aliphatic heterocycles. The molecule has 0 bridgehead atoms. The van der Waals surface area contributed by atoms with Crippen molar-refractivity contribution in [3.8, 4) is 0 Å². The van der Waals surface area contributed by atoms with Gasteiger partial charge in [0.1, 0.15) is 24.4 Å². The number of carbonyl (C=O) groups excluding carboxylic acids is 1. The van der Waals surface area contributed by atoms with Gasteiger partial charge in [-0.25, -0.2) is 0 Å². The molecule has 0 aliphatic rings. The zero-order valence-electron chi connectivity index (χ0n) is 9.65. The van der Waals surface area contributed by atoms with Crippen molar-refractivity contribution in [3.05, 3.63) is 0 Å². The van der Waals surface area contributed by atoms with Crippen LogP contribution < -0.4 is 0 Å². The summed E-state index contributed by atoms with van der Waals surface area (Å²) in [5.74, 6) is 0. The lowest BCUT2D eigenvalue weighted by atomic mass is 10.0. The zero-order valence-corrected chi connectivity index (χ0v) is 9.65. The van der Waals surface area contributed by atoms with Crippen molar-refractivity contribution < 1.29 is 30.3 Å². The molecule has 6 heteroatoms. The van der Waals surface area contributed by atoms with E-state index in [1.54, 1.807) is 0 Å². The van der Waals surface area contributed by atoms with Gasteiger partial charge in [0.25, 0.3) is 0 Å². The molecule has 0 aliphatic carbocycles. The van der Waals surface area contributed by atoms with Crippen LogP contribution in [0.5, 0.6) is 0 Å². The second kappa shape index (κ2) is 11.0. The van der Waals surface area contributed by atoms with Crippen LogP contribution in [0.2, 0.25) is 0 Å². The predicted molar refractivity (Wildman–Crippen MR) is 57.8 cm³/mol. The number of aliphatic hydroxyl groups is 5. The third kappa shape index (κ3) is 7.72. The molecule has 0 aromatic rings. The summed E-state index contributed by atoms with van der Waals surface area (Å²) in [6.45, 7) is 3.60. The SMILES string of the molecule is CCCC.O=C[C@H](O)[C@@H](O)[C@H](O)[C@H](O)CO. The summed E-state index contributed by atoms with van der Waals surface area (Å²) < 4.78 is 0. The number of hydrogen-bond acceptors (Lipinski definition) is 6. The van der Waals surface area contributed by atoms with Crippen LogP contribution in [-0.2, 0) is 4.79 Å². The Hall–Kier alpha value is -0.530. The van der Waals surface area contributed by atoms with Gasteiger partial charge in [-0.05, 0) is 0 Å². The Balaban J connectivity index is 0. The summed E-state index contributed by atoms with van der Waals surface area (Å²) in [6, 6.07) is 0. The number of aldehydes is 1. The molecule has 0 rings (SSSR count). The molecule has 0 spiro atoms. The topological polar surface area (TPSA) is 118 Å². The average molecular weight is 238 g/mol. The minimum Gasteiger partial charge on any atom is -0.394 e. The van der Waals surface area contributed by atoms with Crippen molar-refractivity contribution in [3.63, 3.8) is 0 Å².